The predicted octanol–water partition coefficient (Wildman–Crippen LogP) is 3.12. The molecule has 23 heavy (non-hydrogen) atoms. The van der Waals surface area contributed by atoms with Crippen LogP contribution in [-0.2, 0) is 6.54 Å². The van der Waals surface area contributed by atoms with Crippen molar-refractivity contribution in [1.29, 1.82) is 0 Å². The van der Waals surface area contributed by atoms with Gasteiger partial charge >= 0.3 is 6.03 Å². The summed E-state index contributed by atoms with van der Waals surface area (Å²) < 4.78 is 1.16. The Morgan fingerprint density at radius 1 is 1.04 bits per heavy atom. The summed E-state index contributed by atoms with van der Waals surface area (Å²) in [5, 5.41) is 8.08. The third-order valence-electron chi connectivity index (χ3n) is 3.43. The summed E-state index contributed by atoms with van der Waals surface area (Å²) in [5.41, 5.74) is 7.36. The molecule has 0 aliphatic carbocycles. The smallest absolute Gasteiger partial charge is 0.321 e. The summed E-state index contributed by atoms with van der Waals surface area (Å²) in [6.45, 7) is 0.355. The van der Waals surface area contributed by atoms with Crippen molar-refractivity contribution < 1.29 is 9.59 Å². The van der Waals surface area contributed by atoms with Crippen LogP contribution in [0.5, 0.6) is 0 Å². The number of nitrogens with one attached hydrogen (secondary N) is 2. The summed E-state index contributed by atoms with van der Waals surface area (Å²) in [6.07, 6.45) is 0. The fourth-order valence-electron chi connectivity index (χ4n) is 2.26. The quantitative estimate of drug-likeness (QED) is 0.647. The second-order valence-corrected chi connectivity index (χ2v) is 5.89. The first-order valence-electron chi connectivity index (χ1n) is 7.04. The average Bonchev–Trinajstić information content (AvgIpc) is 2.96. The van der Waals surface area contributed by atoms with Gasteiger partial charge in [-0.15, -0.1) is 11.3 Å². The molecular formula is C17H15N3O2S. The number of nitrogens with two attached hydrogens (primary N) is 1. The van der Waals surface area contributed by atoms with Crippen LogP contribution >= 0.6 is 11.3 Å². The Morgan fingerprint density at radius 3 is 2.61 bits per heavy atom. The molecule has 5 nitrogen and oxygen atoms in total. The highest BCUT2D eigenvalue weighted by Crippen LogP contribution is 2.25. The van der Waals surface area contributed by atoms with Gasteiger partial charge in [0.2, 0.25) is 0 Å². The van der Waals surface area contributed by atoms with Gasteiger partial charge in [-0.3, -0.25) is 10.1 Å². The monoisotopic (exact) mass is 325 g/mol. The van der Waals surface area contributed by atoms with E-state index in [-0.39, 0.29) is 5.56 Å². The van der Waals surface area contributed by atoms with Crippen LogP contribution in [0, 0.1) is 0 Å². The zero-order chi connectivity index (χ0) is 16.2. The second-order valence-electron chi connectivity index (χ2n) is 4.98. The van der Waals surface area contributed by atoms with Crippen molar-refractivity contribution in [2.45, 2.75) is 6.54 Å². The third-order valence-corrected chi connectivity index (χ3v) is 4.45. The first kappa shape index (κ1) is 15.1. The normalized spacial score (nSPS) is 10.4. The molecule has 3 rings (SSSR count). The minimum atomic E-state index is -0.548. The lowest BCUT2D eigenvalue weighted by atomic mass is 10.1. The summed E-state index contributed by atoms with van der Waals surface area (Å²) >= 11 is 1.62. The number of anilines is 1. The van der Waals surface area contributed by atoms with Gasteiger partial charge in [0, 0.05) is 16.9 Å². The molecule has 1 heterocycles. The number of fused-ring (bicyclic) bond motifs is 1. The predicted molar refractivity (Wildman–Crippen MR) is 92.4 cm³/mol. The first-order chi connectivity index (χ1) is 11.1. The third kappa shape index (κ3) is 3.32. The van der Waals surface area contributed by atoms with Crippen molar-refractivity contribution in [3.8, 4) is 0 Å². The number of amides is 3. The lowest BCUT2D eigenvalue weighted by Crippen LogP contribution is -2.39. The van der Waals surface area contributed by atoms with Crippen LogP contribution in [0.25, 0.3) is 10.1 Å². The van der Waals surface area contributed by atoms with E-state index in [0.717, 1.165) is 15.6 Å². The maximum absolute atomic E-state index is 12.0. The standard InChI is InChI=1S/C17H15N3O2S/c18-14-7-3-1-6-13(14)16(21)20-17(22)19-9-11-10-23-15-8-4-2-5-12(11)15/h1-8,10H,9,18H2,(H2,19,20,21,22). The summed E-state index contributed by atoms with van der Waals surface area (Å²) in [5.74, 6) is -0.518. The van der Waals surface area contributed by atoms with Crippen molar-refractivity contribution in [3.05, 3.63) is 65.0 Å². The zero-order valence-corrected chi connectivity index (χ0v) is 13.0. The minimum absolute atomic E-state index is 0.281. The summed E-state index contributed by atoms with van der Waals surface area (Å²) in [4.78, 5) is 23.9. The van der Waals surface area contributed by atoms with E-state index in [1.54, 1.807) is 35.6 Å². The van der Waals surface area contributed by atoms with Crippen molar-refractivity contribution >= 4 is 39.0 Å². The minimum Gasteiger partial charge on any atom is -0.398 e. The van der Waals surface area contributed by atoms with Crippen LogP contribution in [0.1, 0.15) is 15.9 Å². The van der Waals surface area contributed by atoms with Gasteiger partial charge in [0.25, 0.3) is 5.91 Å². The molecule has 0 fully saturated rings. The lowest BCUT2D eigenvalue weighted by molar-refractivity contribution is 0.0965. The highest BCUT2D eigenvalue weighted by Gasteiger charge is 2.13. The largest absolute Gasteiger partial charge is 0.398 e. The van der Waals surface area contributed by atoms with Crippen LogP contribution in [0.4, 0.5) is 10.5 Å². The van der Waals surface area contributed by atoms with Gasteiger partial charge in [-0.1, -0.05) is 30.3 Å². The highest BCUT2D eigenvalue weighted by molar-refractivity contribution is 7.17. The molecule has 4 N–H and O–H groups in total. The van der Waals surface area contributed by atoms with Gasteiger partial charge in [0.1, 0.15) is 0 Å². The highest BCUT2D eigenvalue weighted by atomic mass is 32.1. The number of thiophene rings is 1. The maximum Gasteiger partial charge on any atom is 0.321 e. The maximum atomic E-state index is 12.0. The molecule has 0 spiro atoms. The van der Waals surface area contributed by atoms with Crippen LogP contribution in [0.15, 0.2) is 53.9 Å². The average molecular weight is 325 g/mol. The number of carbonyl (C=O) groups excluding carboxylic acids is 2. The van der Waals surface area contributed by atoms with Crippen molar-refractivity contribution in [2.24, 2.45) is 0 Å². The van der Waals surface area contributed by atoms with Gasteiger partial charge in [0.15, 0.2) is 0 Å². The van der Waals surface area contributed by atoms with E-state index >= 15 is 0 Å². The van der Waals surface area contributed by atoms with Gasteiger partial charge in [-0.05, 0) is 34.5 Å². The Hall–Kier alpha value is -2.86. The number of carbonyl (C=O) groups is 2. The number of para-hydroxylation sites is 1. The Kier molecular flexibility index (Phi) is 4.25. The van der Waals surface area contributed by atoms with Gasteiger partial charge in [-0.2, -0.15) is 0 Å². The molecule has 2 aromatic carbocycles. The molecule has 0 bridgehead atoms. The number of urea groups is 1. The van der Waals surface area contributed by atoms with Crippen LogP contribution in [-0.4, -0.2) is 11.9 Å². The number of nitrogen functional groups attached to an aromatic ring is 1. The summed E-state index contributed by atoms with van der Waals surface area (Å²) in [6, 6.07) is 14.0. The molecular weight excluding hydrogens is 310 g/mol. The Bertz CT molecular complexity index is 873. The molecule has 6 heteroatoms. The molecule has 0 aliphatic heterocycles. The summed E-state index contributed by atoms with van der Waals surface area (Å²) in [7, 11) is 0. The van der Waals surface area contributed by atoms with E-state index in [1.165, 1.54) is 0 Å². The molecule has 116 valence electrons. The van der Waals surface area contributed by atoms with E-state index in [1.807, 2.05) is 29.6 Å². The molecule has 0 radical (unpaired) electrons. The first-order valence-corrected chi connectivity index (χ1v) is 7.92. The molecule has 0 atom stereocenters. The van der Waals surface area contributed by atoms with Gasteiger partial charge in [0.05, 0.1) is 5.56 Å². The number of rotatable bonds is 3. The molecule has 0 aliphatic rings. The van der Waals surface area contributed by atoms with Gasteiger partial charge < -0.3 is 11.1 Å². The second kappa shape index (κ2) is 6.50. The van der Waals surface area contributed by atoms with E-state index in [2.05, 4.69) is 10.6 Å². The molecule has 3 aromatic rings. The van der Waals surface area contributed by atoms with E-state index in [0.29, 0.717) is 12.2 Å². The van der Waals surface area contributed by atoms with E-state index < -0.39 is 11.9 Å². The topological polar surface area (TPSA) is 84.2 Å². The van der Waals surface area contributed by atoms with Crippen molar-refractivity contribution in [2.75, 3.05) is 5.73 Å². The number of hydrogen-bond donors (Lipinski definition) is 3. The van der Waals surface area contributed by atoms with E-state index in [9.17, 15) is 9.59 Å². The molecule has 1 aromatic heterocycles. The molecule has 3 amide bonds. The Balaban J connectivity index is 1.62. The lowest BCUT2D eigenvalue weighted by Gasteiger charge is -2.08. The Morgan fingerprint density at radius 2 is 1.78 bits per heavy atom. The molecule has 0 unspecified atom stereocenters. The fourth-order valence-corrected chi connectivity index (χ4v) is 3.23. The molecule has 0 saturated carbocycles. The fraction of sp³-hybridized carbons (Fsp3) is 0.0588. The molecule has 0 saturated heterocycles. The van der Waals surface area contributed by atoms with Crippen LogP contribution < -0.4 is 16.4 Å². The van der Waals surface area contributed by atoms with Crippen LogP contribution in [0.3, 0.4) is 0 Å². The van der Waals surface area contributed by atoms with Crippen molar-refractivity contribution in [3.63, 3.8) is 0 Å². The SMILES string of the molecule is Nc1ccccc1C(=O)NC(=O)NCc1csc2ccccc12. The number of hydrogen-bond acceptors (Lipinski definition) is 4. The van der Waals surface area contributed by atoms with Crippen molar-refractivity contribution in [1.82, 2.24) is 10.6 Å². The van der Waals surface area contributed by atoms with E-state index in [4.69, 9.17) is 5.73 Å². The Labute approximate surface area is 137 Å². The number of imide groups is 1. The number of benzene rings is 2. The van der Waals surface area contributed by atoms with Crippen LogP contribution in [0.2, 0.25) is 0 Å². The zero-order valence-electron chi connectivity index (χ0n) is 12.2. The van der Waals surface area contributed by atoms with Gasteiger partial charge in [-0.25, -0.2) is 4.79 Å².